The molecule has 1 aliphatic heterocycles. The average molecular weight is 174 g/mol. The largest absolute Gasteiger partial charge is 0.361 e. The smallest absolute Gasteiger partial charge is 0.120 e. The Morgan fingerprint density at radius 1 is 1.15 bits per heavy atom. The number of hydrogen-bond donors (Lipinski definition) is 0. The lowest BCUT2D eigenvalue weighted by atomic mass is 9.84. The van der Waals surface area contributed by atoms with Crippen LogP contribution in [0.4, 0.5) is 0 Å². The highest BCUT2D eigenvalue weighted by atomic mass is 16.6. The second kappa shape index (κ2) is 2.58. The van der Waals surface area contributed by atoms with Crippen molar-refractivity contribution in [2.24, 2.45) is 0 Å². The molecule has 68 valence electrons. The summed E-state index contributed by atoms with van der Waals surface area (Å²) in [5.41, 5.74) is 1.53. The van der Waals surface area contributed by atoms with Crippen LogP contribution < -0.4 is 0 Å². The Hall–Kier alpha value is -0.820. The van der Waals surface area contributed by atoms with Crippen molar-refractivity contribution in [3.63, 3.8) is 0 Å². The quantitative estimate of drug-likeness (QED) is 0.596. The maximum atomic E-state index is 5.85. The van der Waals surface area contributed by atoms with E-state index >= 15 is 0 Å². The van der Waals surface area contributed by atoms with Gasteiger partial charge in [-0.15, -0.1) is 0 Å². The minimum Gasteiger partial charge on any atom is -0.361 e. The van der Waals surface area contributed by atoms with E-state index in [1.165, 1.54) is 31.2 Å². The van der Waals surface area contributed by atoms with Crippen LogP contribution in [0.2, 0.25) is 0 Å². The van der Waals surface area contributed by atoms with E-state index in [1.807, 2.05) is 0 Å². The molecule has 1 aliphatic carbocycles. The Kier molecular flexibility index (Phi) is 1.50. The van der Waals surface area contributed by atoms with Gasteiger partial charge in [-0.2, -0.15) is 0 Å². The summed E-state index contributed by atoms with van der Waals surface area (Å²) in [5.74, 6) is 0. The Bertz CT molecular complexity index is 306. The molecule has 13 heavy (non-hydrogen) atoms. The lowest BCUT2D eigenvalue weighted by Gasteiger charge is -2.17. The van der Waals surface area contributed by atoms with Crippen LogP contribution in [0.1, 0.15) is 31.2 Å². The summed E-state index contributed by atoms with van der Waals surface area (Å²) in [6.07, 6.45) is 5.69. The van der Waals surface area contributed by atoms with Crippen LogP contribution >= 0.6 is 0 Å². The maximum absolute atomic E-state index is 5.85. The van der Waals surface area contributed by atoms with Crippen LogP contribution in [0.15, 0.2) is 30.3 Å². The van der Waals surface area contributed by atoms with Crippen LogP contribution in [0.5, 0.6) is 0 Å². The Labute approximate surface area is 78.7 Å². The van der Waals surface area contributed by atoms with E-state index < -0.39 is 0 Å². The molecule has 0 unspecified atom stereocenters. The molecule has 3 rings (SSSR count). The molecule has 0 radical (unpaired) electrons. The van der Waals surface area contributed by atoms with Crippen LogP contribution in [-0.2, 0) is 10.3 Å². The maximum Gasteiger partial charge on any atom is 0.120 e. The molecule has 0 amide bonds. The molecule has 1 aromatic rings. The highest BCUT2D eigenvalue weighted by Crippen LogP contribution is 2.54. The first-order valence-electron chi connectivity index (χ1n) is 5.15. The van der Waals surface area contributed by atoms with Crippen molar-refractivity contribution < 1.29 is 4.74 Å². The molecule has 0 aromatic heterocycles. The van der Waals surface area contributed by atoms with Crippen molar-refractivity contribution in [2.45, 2.75) is 37.4 Å². The van der Waals surface area contributed by atoms with Crippen molar-refractivity contribution in [1.29, 1.82) is 0 Å². The predicted octanol–water partition coefficient (Wildman–Crippen LogP) is 2.85. The summed E-state index contributed by atoms with van der Waals surface area (Å²) in [5, 5.41) is 0. The lowest BCUT2D eigenvalue weighted by molar-refractivity contribution is 0.289. The van der Waals surface area contributed by atoms with Gasteiger partial charge in [0.25, 0.3) is 0 Å². The predicted molar refractivity (Wildman–Crippen MR) is 51.5 cm³/mol. The monoisotopic (exact) mass is 174 g/mol. The molecule has 1 heterocycles. The standard InChI is InChI=1S/C12H14O/c1-2-6-10(7-3-1)12-9-5-4-8-11(12)13-12/h1-3,6-7,11H,4-5,8-9H2/t11-,12+/m0/s1. The second-order valence-electron chi connectivity index (χ2n) is 4.11. The van der Waals surface area contributed by atoms with Gasteiger partial charge in [-0.1, -0.05) is 43.2 Å². The Morgan fingerprint density at radius 2 is 2.00 bits per heavy atom. The SMILES string of the molecule is c1ccc([C@]23CCCC[C@@H]2O3)cc1. The normalized spacial score (nSPS) is 36.8. The molecule has 2 fully saturated rings. The number of fused-ring (bicyclic) bond motifs is 1. The minimum absolute atomic E-state index is 0.138. The number of ether oxygens (including phenoxy) is 1. The topological polar surface area (TPSA) is 12.5 Å². The van der Waals surface area contributed by atoms with Gasteiger partial charge in [0.2, 0.25) is 0 Å². The van der Waals surface area contributed by atoms with Gasteiger partial charge in [0.05, 0.1) is 6.10 Å². The van der Waals surface area contributed by atoms with Crippen LogP contribution in [0.25, 0.3) is 0 Å². The lowest BCUT2D eigenvalue weighted by Crippen LogP contribution is -2.16. The zero-order valence-electron chi connectivity index (χ0n) is 7.70. The van der Waals surface area contributed by atoms with Crippen molar-refractivity contribution in [1.82, 2.24) is 0 Å². The summed E-state index contributed by atoms with van der Waals surface area (Å²) in [6, 6.07) is 10.7. The van der Waals surface area contributed by atoms with Gasteiger partial charge in [0.15, 0.2) is 0 Å². The molecule has 1 saturated heterocycles. The third kappa shape index (κ3) is 1.03. The zero-order valence-corrected chi connectivity index (χ0v) is 7.70. The number of benzene rings is 1. The van der Waals surface area contributed by atoms with Gasteiger partial charge < -0.3 is 4.74 Å². The molecule has 1 aromatic carbocycles. The molecule has 0 bridgehead atoms. The van der Waals surface area contributed by atoms with E-state index in [-0.39, 0.29) is 5.60 Å². The minimum atomic E-state index is 0.138. The van der Waals surface area contributed by atoms with E-state index in [1.54, 1.807) is 0 Å². The number of epoxide rings is 1. The molecule has 1 nitrogen and oxygen atoms in total. The fraction of sp³-hybridized carbons (Fsp3) is 0.500. The van der Waals surface area contributed by atoms with Crippen LogP contribution in [0, 0.1) is 0 Å². The first-order chi connectivity index (χ1) is 6.42. The van der Waals surface area contributed by atoms with Crippen molar-refractivity contribution in [3.8, 4) is 0 Å². The number of hydrogen-bond acceptors (Lipinski definition) is 1. The fourth-order valence-corrected chi connectivity index (χ4v) is 2.57. The third-order valence-corrected chi connectivity index (χ3v) is 3.34. The van der Waals surface area contributed by atoms with Gasteiger partial charge in [-0.25, -0.2) is 0 Å². The molecule has 1 saturated carbocycles. The zero-order chi connectivity index (χ0) is 8.73. The first kappa shape index (κ1) is 7.57. The summed E-state index contributed by atoms with van der Waals surface area (Å²) >= 11 is 0. The number of rotatable bonds is 1. The average Bonchev–Trinajstić information content (AvgIpc) is 2.94. The molecular formula is C12H14O. The van der Waals surface area contributed by atoms with Crippen LogP contribution in [-0.4, -0.2) is 6.10 Å². The molecule has 2 aliphatic rings. The van der Waals surface area contributed by atoms with Gasteiger partial charge in [0, 0.05) is 0 Å². The summed E-state index contributed by atoms with van der Waals surface area (Å²) in [4.78, 5) is 0. The van der Waals surface area contributed by atoms with E-state index in [2.05, 4.69) is 30.3 Å². The summed E-state index contributed by atoms with van der Waals surface area (Å²) < 4.78 is 5.85. The van der Waals surface area contributed by atoms with E-state index in [4.69, 9.17) is 4.74 Å². The van der Waals surface area contributed by atoms with E-state index in [9.17, 15) is 0 Å². The van der Waals surface area contributed by atoms with Gasteiger partial charge >= 0.3 is 0 Å². The van der Waals surface area contributed by atoms with Gasteiger partial charge in [-0.05, 0) is 18.4 Å². The third-order valence-electron chi connectivity index (χ3n) is 3.34. The molecule has 0 N–H and O–H groups in total. The second-order valence-corrected chi connectivity index (χ2v) is 4.11. The molecule has 1 heteroatoms. The van der Waals surface area contributed by atoms with Crippen molar-refractivity contribution in [3.05, 3.63) is 35.9 Å². The molecule has 2 atom stereocenters. The van der Waals surface area contributed by atoms with Gasteiger partial charge in [0.1, 0.15) is 5.60 Å². The highest BCUT2D eigenvalue weighted by Gasteiger charge is 2.57. The van der Waals surface area contributed by atoms with Crippen molar-refractivity contribution >= 4 is 0 Å². The fourth-order valence-electron chi connectivity index (χ4n) is 2.57. The van der Waals surface area contributed by atoms with Crippen LogP contribution in [0.3, 0.4) is 0 Å². The Morgan fingerprint density at radius 3 is 2.77 bits per heavy atom. The van der Waals surface area contributed by atoms with Gasteiger partial charge in [-0.3, -0.25) is 0 Å². The van der Waals surface area contributed by atoms with E-state index in [0.717, 1.165) is 0 Å². The summed E-state index contributed by atoms with van der Waals surface area (Å²) in [7, 11) is 0. The molecule has 0 spiro atoms. The van der Waals surface area contributed by atoms with E-state index in [0.29, 0.717) is 6.10 Å². The molecular weight excluding hydrogens is 160 g/mol. The first-order valence-corrected chi connectivity index (χ1v) is 5.15. The van der Waals surface area contributed by atoms with Crippen molar-refractivity contribution in [2.75, 3.05) is 0 Å². The Balaban J connectivity index is 1.94. The summed E-state index contributed by atoms with van der Waals surface area (Å²) in [6.45, 7) is 0. The highest BCUT2D eigenvalue weighted by molar-refractivity contribution is 5.29.